The summed E-state index contributed by atoms with van der Waals surface area (Å²) in [6, 6.07) is 4.63. The van der Waals surface area contributed by atoms with Crippen molar-refractivity contribution in [2.75, 3.05) is 50.8 Å². The van der Waals surface area contributed by atoms with Crippen molar-refractivity contribution in [3.8, 4) is 0 Å². The Morgan fingerprint density at radius 2 is 2.21 bits per heavy atom. The van der Waals surface area contributed by atoms with Gasteiger partial charge in [-0.1, -0.05) is 6.07 Å². The van der Waals surface area contributed by atoms with Gasteiger partial charge in [0, 0.05) is 42.6 Å². The van der Waals surface area contributed by atoms with Crippen molar-refractivity contribution in [3.63, 3.8) is 0 Å². The van der Waals surface area contributed by atoms with Gasteiger partial charge in [-0.15, -0.1) is 35.3 Å². The summed E-state index contributed by atoms with van der Waals surface area (Å²) in [5, 5.41) is 2.14. The van der Waals surface area contributed by atoms with E-state index in [0.717, 1.165) is 50.8 Å². The van der Waals surface area contributed by atoms with Gasteiger partial charge in [-0.25, -0.2) is 0 Å². The van der Waals surface area contributed by atoms with Crippen molar-refractivity contribution in [1.29, 1.82) is 0 Å². The molecule has 3 rings (SSSR count). The minimum Gasteiger partial charge on any atom is -0.376 e. The number of thioether (sulfide) groups is 1. The third-order valence-electron chi connectivity index (χ3n) is 4.35. The third-order valence-corrected chi connectivity index (χ3v) is 6.26. The van der Waals surface area contributed by atoms with Gasteiger partial charge in [0.15, 0.2) is 5.96 Å². The van der Waals surface area contributed by atoms with Gasteiger partial charge in [-0.3, -0.25) is 9.89 Å². The summed E-state index contributed by atoms with van der Waals surface area (Å²) in [6.45, 7) is 7.60. The van der Waals surface area contributed by atoms with E-state index in [2.05, 4.69) is 34.2 Å². The lowest BCUT2D eigenvalue weighted by Crippen LogP contribution is -2.45. The maximum Gasteiger partial charge on any atom is 0.191 e. The number of hydrogen-bond acceptors (Lipinski definition) is 5. The second-order valence-corrected chi connectivity index (χ2v) is 8.21. The van der Waals surface area contributed by atoms with Crippen LogP contribution in [0.1, 0.15) is 17.8 Å². The average molecular weight is 482 g/mol. The first-order valence-electron chi connectivity index (χ1n) is 8.25. The van der Waals surface area contributed by atoms with Gasteiger partial charge in [0.05, 0.1) is 25.3 Å². The summed E-state index contributed by atoms with van der Waals surface area (Å²) in [5.41, 5.74) is 6.23. The van der Waals surface area contributed by atoms with Crippen LogP contribution >= 0.6 is 47.1 Å². The van der Waals surface area contributed by atoms with E-state index in [0.29, 0.717) is 12.0 Å². The molecule has 2 aliphatic rings. The normalized spacial score (nSPS) is 24.5. The molecule has 0 spiro atoms. The van der Waals surface area contributed by atoms with Gasteiger partial charge in [0.2, 0.25) is 0 Å². The fourth-order valence-corrected chi connectivity index (χ4v) is 4.82. The molecule has 0 aromatic carbocycles. The van der Waals surface area contributed by atoms with Crippen molar-refractivity contribution in [1.82, 2.24) is 9.80 Å². The number of hydrogen-bond donors (Lipinski definition) is 1. The predicted octanol–water partition coefficient (Wildman–Crippen LogP) is 2.49. The number of guanidine groups is 1. The van der Waals surface area contributed by atoms with Crippen molar-refractivity contribution in [3.05, 3.63) is 22.4 Å². The van der Waals surface area contributed by atoms with E-state index < -0.39 is 0 Å². The molecule has 2 fully saturated rings. The highest BCUT2D eigenvalue weighted by Crippen LogP contribution is 2.27. The Morgan fingerprint density at radius 3 is 2.88 bits per heavy atom. The molecule has 3 heterocycles. The number of nitrogens with zero attached hydrogens (tertiary/aromatic N) is 3. The van der Waals surface area contributed by atoms with Crippen LogP contribution < -0.4 is 5.73 Å². The van der Waals surface area contributed by atoms with E-state index in [-0.39, 0.29) is 30.1 Å². The zero-order chi connectivity index (χ0) is 16.1. The third kappa shape index (κ3) is 5.48. The molecule has 8 heteroatoms. The van der Waals surface area contributed by atoms with Crippen LogP contribution in [0, 0.1) is 0 Å². The summed E-state index contributed by atoms with van der Waals surface area (Å²) >= 11 is 3.79. The molecule has 0 radical (unpaired) electrons. The number of halogens is 1. The van der Waals surface area contributed by atoms with Gasteiger partial charge in [-0.05, 0) is 18.4 Å². The fourth-order valence-electron chi connectivity index (χ4n) is 3.07. The smallest absolute Gasteiger partial charge is 0.191 e. The zero-order valence-electron chi connectivity index (χ0n) is 14.1. The maximum absolute atomic E-state index is 6.23. The molecule has 2 N–H and O–H groups in total. The molecular formula is C16H27IN4OS2. The first-order chi connectivity index (χ1) is 11.2. The minimum atomic E-state index is 0. The molecule has 2 aliphatic heterocycles. The summed E-state index contributed by atoms with van der Waals surface area (Å²) in [4.78, 5) is 10.8. The van der Waals surface area contributed by atoms with Crippen molar-refractivity contribution in [2.45, 2.75) is 19.1 Å². The standard InChI is InChI=1S/C16H26N4OS2.HI/c1-13-12-20(4-7-21-13)14(15-3-2-8-23-15)11-18-16(17)19-5-9-22-10-6-19;/h2-3,8,13-14H,4-7,9-12H2,1H3,(H2,17,18);1H. The molecule has 0 saturated carbocycles. The highest BCUT2D eigenvalue weighted by atomic mass is 127. The predicted molar refractivity (Wildman–Crippen MR) is 115 cm³/mol. The molecule has 1 aromatic heterocycles. The number of rotatable bonds is 4. The first kappa shape index (κ1) is 20.3. The van der Waals surface area contributed by atoms with Crippen molar-refractivity contribution in [2.24, 2.45) is 10.7 Å². The topological polar surface area (TPSA) is 54.1 Å². The minimum absolute atomic E-state index is 0. The molecule has 136 valence electrons. The van der Waals surface area contributed by atoms with Gasteiger partial charge < -0.3 is 15.4 Å². The summed E-state index contributed by atoms with van der Waals surface area (Å²) in [7, 11) is 0. The zero-order valence-corrected chi connectivity index (χ0v) is 18.1. The summed E-state index contributed by atoms with van der Waals surface area (Å²) in [5.74, 6) is 2.99. The van der Waals surface area contributed by atoms with E-state index in [1.165, 1.54) is 4.88 Å². The number of morpholine rings is 1. The van der Waals surface area contributed by atoms with Gasteiger partial charge in [-0.2, -0.15) is 11.8 Å². The largest absolute Gasteiger partial charge is 0.376 e. The highest BCUT2D eigenvalue weighted by Gasteiger charge is 2.26. The number of ether oxygens (including phenoxy) is 1. The first-order valence-corrected chi connectivity index (χ1v) is 10.3. The molecule has 5 nitrogen and oxygen atoms in total. The molecule has 2 saturated heterocycles. The van der Waals surface area contributed by atoms with E-state index in [4.69, 9.17) is 15.5 Å². The molecule has 2 unspecified atom stereocenters. The number of nitrogens with two attached hydrogens (primary N) is 1. The Morgan fingerprint density at radius 1 is 1.42 bits per heavy atom. The summed E-state index contributed by atoms with van der Waals surface area (Å²) < 4.78 is 5.69. The molecule has 2 atom stereocenters. The van der Waals surface area contributed by atoms with Crippen molar-refractivity contribution < 1.29 is 4.74 Å². The molecule has 0 bridgehead atoms. The van der Waals surface area contributed by atoms with Gasteiger partial charge in [0.25, 0.3) is 0 Å². The molecule has 0 amide bonds. The van der Waals surface area contributed by atoms with Crippen LogP contribution in [0.2, 0.25) is 0 Å². The Kier molecular flexibility index (Phi) is 8.62. The van der Waals surface area contributed by atoms with Crippen LogP contribution in [0.3, 0.4) is 0 Å². The second-order valence-electron chi connectivity index (χ2n) is 6.01. The van der Waals surface area contributed by atoms with E-state index in [1.807, 2.05) is 11.8 Å². The highest BCUT2D eigenvalue weighted by molar-refractivity contribution is 14.0. The fraction of sp³-hybridized carbons (Fsp3) is 0.688. The van der Waals surface area contributed by atoms with Gasteiger partial charge in [0.1, 0.15) is 0 Å². The lowest BCUT2D eigenvalue weighted by molar-refractivity contribution is -0.0327. The quantitative estimate of drug-likeness (QED) is 0.406. The average Bonchev–Trinajstić information content (AvgIpc) is 3.10. The summed E-state index contributed by atoms with van der Waals surface area (Å²) in [6.07, 6.45) is 0.284. The Hall–Kier alpha value is -0.0300. The van der Waals surface area contributed by atoms with E-state index >= 15 is 0 Å². The molecule has 24 heavy (non-hydrogen) atoms. The van der Waals surface area contributed by atoms with E-state index in [9.17, 15) is 0 Å². The Labute approximate surface area is 170 Å². The van der Waals surface area contributed by atoms with Crippen molar-refractivity contribution >= 4 is 53.0 Å². The Balaban J connectivity index is 0.00000208. The lowest BCUT2D eigenvalue weighted by Gasteiger charge is -2.36. The molecule has 0 aliphatic carbocycles. The monoisotopic (exact) mass is 482 g/mol. The van der Waals surface area contributed by atoms with Crippen LogP contribution in [-0.4, -0.2) is 72.7 Å². The SMILES string of the molecule is CC1CN(C(CN=C(N)N2CCSCC2)c2cccs2)CCO1.I. The van der Waals surface area contributed by atoms with Crippen LogP contribution in [0.5, 0.6) is 0 Å². The molecular weight excluding hydrogens is 455 g/mol. The number of aliphatic imine (C=N–C) groups is 1. The van der Waals surface area contributed by atoms with E-state index in [1.54, 1.807) is 11.3 Å². The second kappa shape index (κ2) is 10.2. The maximum atomic E-state index is 6.23. The van der Waals surface area contributed by atoms with Crippen LogP contribution in [0.15, 0.2) is 22.5 Å². The molecule has 1 aromatic rings. The van der Waals surface area contributed by atoms with Crippen LogP contribution in [0.4, 0.5) is 0 Å². The lowest BCUT2D eigenvalue weighted by atomic mass is 10.1. The van der Waals surface area contributed by atoms with Crippen LogP contribution in [-0.2, 0) is 4.74 Å². The number of thiophene rings is 1. The van der Waals surface area contributed by atoms with Crippen LogP contribution in [0.25, 0.3) is 0 Å². The van der Waals surface area contributed by atoms with Gasteiger partial charge >= 0.3 is 0 Å². The Bertz CT molecular complexity index is 508.